The first kappa shape index (κ1) is 20.2. The maximum absolute atomic E-state index is 12.8. The predicted octanol–water partition coefficient (Wildman–Crippen LogP) is 4.57. The van der Waals surface area contributed by atoms with Crippen molar-refractivity contribution in [3.05, 3.63) is 53.6 Å². The molecular formula is C19H18F3NO4S. The van der Waals surface area contributed by atoms with Gasteiger partial charge in [0.2, 0.25) is 5.91 Å². The molecule has 2 aromatic carbocycles. The summed E-state index contributed by atoms with van der Waals surface area (Å²) in [6, 6.07) is 10.8. The van der Waals surface area contributed by atoms with Gasteiger partial charge in [0.05, 0.1) is 5.69 Å². The molecule has 0 saturated carbocycles. The van der Waals surface area contributed by atoms with Crippen molar-refractivity contribution in [1.29, 1.82) is 0 Å². The summed E-state index contributed by atoms with van der Waals surface area (Å²) < 4.78 is 64.9. The highest BCUT2D eigenvalue weighted by Crippen LogP contribution is 2.45. The number of aryl methyl sites for hydroxylation is 1. The van der Waals surface area contributed by atoms with Crippen molar-refractivity contribution in [3.8, 4) is 5.75 Å². The third-order valence-electron chi connectivity index (χ3n) is 4.56. The molecule has 1 aliphatic heterocycles. The van der Waals surface area contributed by atoms with E-state index in [1.165, 1.54) is 11.0 Å². The van der Waals surface area contributed by atoms with Gasteiger partial charge >= 0.3 is 15.6 Å². The highest BCUT2D eigenvalue weighted by Gasteiger charge is 2.49. The molecule has 3 rings (SSSR count). The molecule has 1 aliphatic rings. The fourth-order valence-electron chi connectivity index (χ4n) is 3.16. The van der Waals surface area contributed by atoms with E-state index in [9.17, 15) is 26.4 Å². The summed E-state index contributed by atoms with van der Waals surface area (Å²) in [5, 5.41) is 0. The smallest absolute Gasteiger partial charge is 0.376 e. The van der Waals surface area contributed by atoms with Gasteiger partial charge < -0.3 is 4.18 Å². The van der Waals surface area contributed by atoms with E-state index in [0.717, 1.165) is 17.7 Å². The van der Waals surface area contributed by atoms with E-state index in [-0.39, 0.29) is 12.3 Å². The number of rotatable bonds is 3. The number of hydrogen-bond donors (Lipinski definition) is 0. The Morgan fingerprint density at radius 3 is 2.25 bits per heavy atom. The van der Waals surface area contributed by atoms with Gasteiger partial charge in [-0.15, -0.1) is 0 Å². The zero-order valence-corrected chi connectivity index (χ0v) is 16.2. The first-order valence-electron chi connectivity index (χ1n) is 8.37. The van der Waals surface area contributed by atoms with Crippen molar-refractivity contribution in [2.45, 2.75) is 38.1 Å². The van der Waals surface area contributed by atoms with E-state index in [0.29, 0.717) is 16.9 Å². The number of nitrogens with zero attached hydrogens (tertiary/aromatic N) is 1. The molecule has 9 heteroatoms. The second-order valence-corrected chi connectivity index (χ2v) is 8.83. The summed E-state index contributed by atoms with van der Waals surface area (Å²) >= 11 is 0. The molecule has 0 atom stereocenters. The van der Waals surface area contributed by atoms with Crippen LogP contribution in [0.4, 0.5) is 24.5 Å². The van der Waals surface area contributed by atoms with Crippen LogP contribution in [0.3, 0.4) is 0 Å². The van der Waals surface area contributed by atoms with Gasteiger partial charge in [-0.2, -0.15) is 21.6 Å². The van der Waals surface area contributed by atoms with Crippen LogP contribution in [0, 0.1) is 6.92 Å². The van der Waals surface area contributed by atoms with Crippen molar-refractivity contribution in [2.75, 3.05) is 4.90 Å². The molecule has 0 unspecified atom stereocenters. The van der Waals surface area contributed by atoms with Crippen LogP contribution in [0.25, 0.3) is 0 Å². The molecule has 0 N–H and O–H groups in total. The van der Waals surface area contributed by atoms with Gasteiger partial charge in [0.1, 0.15) is 5.75 Å². The molecule has 0 bridgehead atoms. The molecule has 0 spiro atoms. The second-order valence-electron chi connectivity index (χ2n) is 7.29. The minimum atomic E-state index is -5.81. The lowest BCUT2D eigenvalue weighted by Crippen LogP contribution is -2.39. The molecule has 1 amide bonds. The SMILES string of the molecule is Cc1ccc(N2C(=O)CC(C)(C)c3ccc(OS(=O)(=O)C(F)(F)F)cc32)cc1. The Labute approximate surface area is 160 Å². The van der Waals surface area contributed by atoms with Gasteiger partial charge in [-0.25, -0.2) is 0 Å². The van der Waals surface area contributed by atoms with Crippen LogP contribution in [-0.2, 0) is 20.3 Å². The largest absolute Gasteiger partial charge is 0.534 e. The number of amides is 1. The van der Waals surface area contributed by atoms with Gasteiger partial charge in [0.25, 0.3) is 0 Å². The van der Waals surface area contributed by atoms with E-state index in [2.05, 4.69) is 4.18 Å². The highest BCUT2D eigenvalue weighted by atomic mass is 32.2. The third-order valence-corrected chi connectivity index (χ3v) is 5.54. The maximum atomic E-state index is 12.8. The fraction of sp³-hybridized carbons (Fsp3) is 0.316. The summed E-state index contributed by atoms with van der Waals surface area (Å²) in [5.74, 6) is -0.768. The van der Waals surface area contributed by atoms with Crippen molar-refractivity contribution in [2.24, 2.45) is 0 Å². The second kappa shape index (κ2) is 6.51. The van der Waals surface area contributed by atoms with Gasteiger partial charge in [-0.3, -0.25) is 9.69 Å². The predicted molar refractivity (Wildman–Crippen MR) is 98.0 cm³/mol. The molecule has 0 radical (unpaired) electrons. The van der Waals surface area contributed by atoms with Gasteiger partial charge in [-0.05, 0) is 30.7 Å². The van der Waals surface area contributed by atoms with E-state index in [1.807, 2.05) is 20.8 Å². The number of benzene rings is 2. The monoisotopic (exact) mass is 413 g/mol. The molecule has 1 heterocycles. The Bertz CT molecular complexity index is 1030. The van der Waals surface area contributed by atoms with Crippen LogP contribution in [0.15, 0.2) is 42.5 Å². The van der Waals surface area contributed by atoms with Crippen LogP contribution in [0.1, 0.15) is 31.4 Å². The Hall–Kier alpha value is -2.55. The van der Waals surface area contributed by atoms with E-state index in [4.69, 9.17) is 0 Å². The molecule has 0 aliphatic carbocycles. The summed E-state index contributed by atoms with van der Waals surface area (Å²) in [6.45, 7) is 5.55. The first-order chi connectivity index (χ1) is 12.8. The maximum Gasteiger partial charge on any atom is 0.534 e. The highest BCUT2D eigenvalue weighted by molar-refractivity contribution is 7.88. The van der Waals surface area contributed by atoms with Crippen LogP contribution in [-0.4, -0.2) is 19.8 Å². The lowest BCUT2D eigenvalue weighted by atomic mass is 9.77. The van der Waals surface area contributed by atoms with E-state index < -0.39 is 26.8 Å². The topological polar surface area (TPSA) is 63.7 Å². The number of carbonyl (C=O) groups is 1. The average molecular weight is 413 g/mol. The van der Waals surface area contributed by atoms with Crippen molar-refractivity contribution < 1.29 is 30.6 Å². The van der Waals surface area contributed by atoms with Crippen molar-refractivity contribution in [1.82, 2.24) is 0 Å². The minimum Gasteiger partial charge on any atom is -0.376 e. The molecule has 150 valence electrons. The summed E-state index contributed by atoms with van der Waals surface area (Å²) in [5.41, 5.74) is -3.63. The Balaban J connectivity index is 2.13. The number of fused-ring (bicyclic) bond motifs is 1. The number of hydrogen-bond acceptors (Lipinski definition) is 4. The van der Waals surface area contributed by atoms with Crippen LogP contribution < -0.4 is 9.08 Å². The summed E-state index contributed by atoms with van der Waals surface area (Å²) in [7, 11) is -5.81. The van der Waals surface area contributed by atoms with E-state index in [1.54, 1.807) is 24.3 Å². The standard InChI is InChI=1S/C19H18F3NO4S/c1-12-4-6-13(7-5-12)23-16-10-14(27-28(25,26)19(20,21)22)8-9-15(16)18(2,3)11-17(23)24/h4-10H,11H2,1-3H3. The molecule has 0 saturated heterocycles. The Morgan fingerprint density at radius 2 is 1.68 bits per heavy atom. The summed E-state index contributed by atoms with van der Waals surface area (Å²) in [6.07, 6.45) is 0.189. The zero-order chi connectivity index (χ0) is 20.9. The minimum absolute atomic E-state index is 0.189. The molecule has 2 aromatic rings. The Kier molecular flexibility index (Phi) is 4.69. The summed E-state index contributed by atoms with van der Waals surface area (Å²) in [4.78, 5) is 14.2. The van der Waals surface area contributed by atoms with Gasteiger partial charge in [0.15, 0.2) is 0 Å². The number of carbonyl (C=O) groups excluding carboxylic acids is 1. The number of halogens is 3. The van der Waals surface area contributed by atoms with Gasteiger partial charge in [0, 0.05) is 23.6 Å². The molecule has 0 aromatic heterocycles. The lowest BCUT2D eigenvalue weighted by Gasteiger charge is -2.38. The number of anilines is 2. The molecule has 28 heavy (non-hydrogen) atoms. The van der Waals surface area contributed by atoms with Crippen molar-refractivity contribution in [3.63, 3.8) is 0 Å². The zero-order valence-electron chi connectivity index (χ0n) is 15.4. The van der Waals surface area contributed by atoms with Gasteiger partial charge in [-0.1, -0.05) is 37.6 Å². The normalized spacial score (nSPS) is 16.6. The molecular weight excluding hydrogens is 395 g/mol. The van der Waals surface area contributed by atoms with Crippen LogP contribution in [0.2, 0.25) is 0 Å². The number of alkyl halides is 3. The van der Waals surface area contributed by atoms with Crippen LogP contribution >= 0.6 is 0 Å². The Morgan fingerprint density at radius 1 is 1.07 bits per heavy atom. The third kappa shape index (κ3) is 3.58. The van der Waals surface area contributed by atoms with E-state index >= 15 is 0 Å². The van der Waals surface area contributed by atoms with Crippen LogP contribution in [0.5, 0.6) is 5.75 Å². The lowest BCUT2D eigenvalue weighted by molar-refractivity contribution is -0.119. The fourth-order valence-corrected chi connectivity index (χ4v) is 3.61. The van der Waals surface area contributed by atoms with Crippen molar-refractivity contribution >= 4 is 27.4 Å². The average Bonchev–Trinajstić information content (AvgIpc) is 2.54. The molecule has 5 nitrogen and oxygen atoms in total. The first-order valence-corrected chi connectivity index (χ1v) is 9.77. The molecule has 0 fully saturated rings. The quantitative estimate of drug-likeness (QED) is 0.546.